The van der Waals surface area contributed by atoms with Crippen molar-refractivity contribution in [3.8, 4) is 0 Å². The number of ether oxygens (including phenoxy) is 1. The van der Waals surface area contributed by atoms with Crippen molar-refractivity contribution in [1.82, 2.24) is 4.90 Å². The molecule has 0 saturated carbocycles. The molecule has 1 spiro atoms. The highest BCUT2D eigenvalue weighted by Crippen LogP contribution is 2.35. The highest BCUT2D eigenvalue weighted by atomic mass is 16.5. The molecular formula is C18H24N2O3. The van der Waals surface area contributed by atoms with Crippen molar-refractivity contribution in [1.29, 1.82) is 0 Å². The molecule has 3 aliphatic heterocycles. The maximum atomic E-state index is 12.7. The molecule has 1 aromatic rings. The molecule has 0 unspecified atom stereocenters. The van der Waals surface area contributed by atoms with Gasteiger partial charge < -0.3 is 19.6 Å². The Morgan fingerprint density at radius 1 is 1.17 bits per heavy atom. The van der Waals surface area contributed by atoms with Crippen molar-refractivity contribution in [3.05, 3.63) is 29.8 Å². The summed E-state index contributed by atoms with van der Waals surface area (Å²) in [4.78, 5) is 16.8. The molecule has 3 saturated heterocycles. The molecule has 23 heavy (non-hydrogen) atoms. The van der Waals surface area contributed by atoms with Gasteiger partial charge in [0.25, 0.3) is 5.91 Å². The van der Waals surface area contributed by atoms with Crippen molar-refractivity contribution in [3.63, 3.8) is 0 Å². The Kier molecular flexibility index (Phi) is 3.77. The van der Waals surface area contributed by atoms with E-state index in [1.165, 1.54) is 18.5 Å². The molecule has 3 fully saturated rings. The van der Waals surface area contributed by atoms with Crippen molar-refractivity contribution >= 4 is 11.6 Å². The second-order valence-corrected chi connectivity index (χ2v) is 6.96. The van der Waals surface area contributed by atoms with Crippen LogP contribution in [0, 0.1) is 0 Å². The Labute approximate surface area is 136 Å². The van der Waals surface area contributed by atoms with E-state index < -0.39 is 11.7 Å². The summed E-state index contributed by atoms with van der Waals surface area (Å²) in [6.07, 6.45) is 3.72. The molecule has 0 bridgehead atoms. The zero-order valence-corrected chi connectivity index (χ0v) is 13.4. The van der Waals surface area contributed by atoms with Crippen molar-refractivity contribution < 1.29 is 14.6 Å². The van der Waals surface area contributed by atoms with E-state index in [1.807, 2.05) is 24.3 Å². The van der Waals surface area contributed by atoms with Crippen LogP contribution in [0.15, 0.2) is 24.3 Å². The fraction of sp³-hybridized carbons (Fsp3) is 0.611. The third-order valence-electron chi connectivity index (χ3n) is 5.47. The van der Waals surface area contributed by atoms with E-state index in [-0.39, 0.29) is 5.91 Å². The van der Waals surface area contributed by atoms with Gasteiger partial charge in [0.05, 0.1) is 6.54 Å². The van der Waals surface area contributed by atoms with Gasteiger partial charge in [-0.15, -0.1) is 0 Å². The lowest BCUT2D eigenvalue weighted by atomic mass is 9.97. The van der Waals surface area contributed by atoms with Gasteiger partial charge in [0.15, 0.2) is 0 Å². The summed E-state index contributed by atoms with van der Waals surface area (Å²) in [6.45, 7) is 3.76. The van der Waals surface area contributed by atoms with Crippen LogP contribution in [0.3, 0.4) is 0 Å². The number of carbonyl (C=O) groups excluding carboxylic acids is 1. The predicted octanol–water partition coefficient (Wildman–Crippen LogP) is 1.65. The molecule has 0 aliphatic carbocycles. The summed E-state index contributed by atoms with van der Waals surface area (Å²) in [6, 6.07) is 7.88. The molecule has 5 heteroatoms. The Morgan fingerprint density at radius 2 is 1.91 bits per heavy atom. The first-order valence-electron chi connectivity index (χ1n) is 8.64. The van der Waals surface area contributed by atoms with Gasteiger partial charge in [0.1, 0.15) is 11.7 Å². The van der Waals surface area contributed by atoms with E-state index >= 15 is 0 Å². The summed E-state index contributed by atoms with van der Waals surface area (Å²) in [5.74, 6) is -0.00982. The number of β-amino-alcohol motifs (C(OH)–C–C–N with tert-alkyl or cyclic N) is 1. The lowest BCUT2D eigenvalue weighted by Crippen LogP contribution is -2.41. The molecule has 3 heterocycles. The van der Waals surface area contributed by atoms with Crippen molar-refractivity contribution in [2.24, 2.45) is 0 Å². The van der Waals surface area contributed by atoms with Gasteiger partial charge in [0.2, 0.25) is 0 Å². The molecule has 1 amide bonds. The lowest BCUT2D eigenvalue weighted by molar-refractivity contribution is -0.0590. The van der Waals surface area contributed by atoms with Gasteiger partial charge >= 0.3 is 0 Å². The zero-order valence-electron chi connectivity index (χ0n) is 13.4. The molecule has 1 N–H and O–H groups in total. The molecule has 5 nitrogen and oxygen atoms in total. The Bertz CT molecular complexity index is 574. The fourth-order valence-electron chi connectivity index (χ4n) is 4.10. The van der Waals surface area contributed by atoms with Crippen LogP contribution in [0.4, 0.5) is 5.69 Å². The van der Waals surface area contributed by atoms with Crippen LogP contribution in [-0.2, 0) is 4.74 Å². The Hall–Kier alpha value is -1.59. The minimum absolute atomic E-state index is 0.00982. The Balaban J connectivity index is 1.46. The molecule has 3 aliphatic rings. The maximum Gasteiger partial charge on any atom is 0.254 e. The number of hydrogen-bond donors (Lipinski definition) is 1. The zero-order chi connectivity index (χ0) is 15.9. The highest BCUT2D eigenvalue weighted by molar-refractivity contribution is 5.95. The first-order chi connectivity index (χ1) is 11.2. The van der Waals surface area contributed by atoms with E-state index in [0.29, 0.717) is 25.3 Å². The predicted molar refractivity (Wildman–Crippen MR) is 87.7 cm³/mol. The lowest BCUT2D eigenvalue weighted by Gasteiger charge is -2.25. The summed E-state index contributed by atoms with van der Waals surface area (Å²) >= 11 is 0. The number of benzene rings is 1. The number of hydrogen-bond acceptors (Lipinski definition) is 4. The van der Waals surface area contributed by atoms with Crippen molar-refractivity contribution in [2.75, 3.05) is 37.7 Å². The van der Waals surface area contributed by atoms with E-state index in [4.69, 9.17) is 4.74 Å². The molecule has 0 radical (unpaired) electrons. The molecule has 4 rings (SSSR count). The van der Waals surface area contributed by atoms with Crippen LogP contribution in [0.25, 0.3) is 0 Å². The van der Waals surface area contributed by atoms with Gasteiger partial charge in [-0.2, -0.15) is 0 Å². The molecule has 2 atom stereocenters. The van der Waals surface area contributed by atoms with Crippen LogP contribution in [-0.4, -0.2) is 60.4 Å². The third kappa shape index (κ3) is 2.62. The molecule has 0 aromatic heterocycles. The van der Waals surface area contributed by atoms with E-state index in [2.05, 4.69) is 4.90 Å². The number of aliphatic hydroxyl groups excluding tert-OH is 1. The van der Waals surface area contributed by atoms with Gasteiger partial charge in [-0.3, -0.25) is 4.79 Å². The second kappa shape index (κ2) is 5.80. The summed E-state index contributed by atoms with van der Waals surface area (Å²) in [5, 5.41) is 10.3. The smallest absolute Gasteiger partial charge is 0.254 e. The standard InChI is InChI=1S/C18H24N2O3/c21-16-12-20(13-18(16)8-3-11-23-18)17(22)14-4-6-15(7-5-14)19-9-1-2-10-19/h4-7,16,21H,1-3,8-13H2/t16-,18-/m0/s1. The number of anilines is 1. The quantitative estimate of drug-likeness (QED) is 0.901. The Morgan fingerprint density at radius 3 is 2.57 bits per heavy atom. The van der Waals surface area contributed by atoms with Crippen LogP contribution in [0.2, 0.25) is 0 Å². The van der Waals surface area contributed by atoms with E-state index in [1.54, 1.807) is 4.90 Å². The number of likely N-dealkylation sites (tertiary alicyclic amines) is 1. The van der Waals surface area contributed by atoms with E-state index in [9.17, 15) is 9.90 Å². The first kappa shape index (κ1) is 15.0. The SMILES string of the molecule is O=C(c1ccc(N2CCCC2)cc1)N1C[C@H](O)[C@]2(CCCO2)C1. The average molecular weight is 316 g/mol. The third-order valence-corrected chi connectivity index (χ3v) is 5.47. The van der Waals surface area contributed by atoms with Gasteiger partial charge in [-0.05, 0) is 49.9 Å². The maximum absolute atomic E-state index is 12.7. The number of aliphatic hydroxyl groups is 1. The average Bonchev–Trinajstić information content (AvgIpc) is 3.31. The van der Waals surface area contributed by atoms with Crippen LogP contribution in [0.1, 0.15) is 36.0 Å². The normalized spacial score (nSPS) is 30.6. The van der Waals surface area contributed by atoms with Gasteiger partial charge in [-0.1, -0.05) is 0 Å². The number of amides is 1. The first-order valence-corrected chi connectivity index (χ1v) is 8.64. The molecule has 124 valence electrons. The minimum atomic E-state index is -0.571. The number of rotatable bonds is 2. The van der Waals surface area contributed by atoms with Gasteiger partial charge in [0, 0.05) is 37.5 Å². The fourth-order valence-corrected chi connectivity index (χ4v) is 4.10. The van der Waals surface area contributed by atoms with Crippen LogP contribution < -0.4 is 4.90 Å². The largest absolute Gasteiger partial charge is 0.388 e. The van der Waals surface area contributed by atoms with Crippen molar-refractivity contribution in [2.45, 2.75) is 37.4 Å². The topological polar surface area (TPSA) is 53.0 Å². The monoisotopic (exact) mass is 316 g/mol. The highest BCUT2D eigenvalue weighted by Gasteiger charge is 2.50. The van der Waals surface area contributed by atoms with Gasteiger partial charge in [-0.25, -0.2) is 0 Å². The second-order valence-electron chi connectivity index (χ2n) is 6.96. The van der Waals surface area contributed by atoms with Crippen LogP contribution in [0.5, 0.6) is 0 Å². The summed E-state index contributed by atoms with van der Waals surface area (Å²) in [7, 11) is 0. The summed E-state index contributed by atoms with van der Waals surface area (Å²) < 4.78 is 5.77. The van der Waals surface area contributed by atoms with Crippen LogP contribution >= 0.6 is 0 Å². The number of nitrogens with zero attached hydrogens (tertiary/aromatic N) is 2. The molecular weight excluding hydrogens is 292 g/mol. The molecule has 1 aromatic carbocycles. The minimum Gasteiger partial charge on any atom is -0.388 e. The number of carbonyl (C=O) groups is 1. The summed E-state index contributed by atoms with van der Waals surface area (Å²) in [5.41, 5.74) is 1.36. The van der Waals surface area contributed by atoms with E-state index in [0.717, 1.165) is 25.9 Å².